The first kappa shape index (κ1) is 21.5. The predicted octanol–water partition coefficient (Wildman–Crippen LogP) is 2.13. The van der Waals surface area contributed by atoms with E-state index in [-0.39, 0.29) is 29.2 Å². The van der Waals surface area contributed by atoms with Crippen LogP contribution in [-0.4, -0.2) is 69.3 Å². The highest BCUT2D eigenvalue weighted by Gasteiger charge is 2.32. The predicted molar refractivity (Wildman–Crippen MR) is 119 cm³/mol. The van der Waals surface area contributed by atoms with E-state index in [1.165, 1.54) is 11.8 Å². The average molecular weight is 458 g/mol. The topological polar surface area (TPSA) is 98.1 Å². The third kappa shape index (κ3) is 5.13. The monoisotopic (exact) mass is 457 g/mol. The maximum atomic E-state index is 12.7. The number of thioether (sulfide) groups is 1. The zero-order valence-electron chi connectivity index (χ0n) is 17.1. The van der Waals surface area contributed by atoms with Crippen LogP contribution in [0, 0.1) is 0 Å². The van der Waals surface area contributed by atoms with E-state index in [1.54, 1.807) is 24.3 Å². The lowest BCUT2D eigenvalue weighted by atomic mass is 10.2. The van der Waals surface area contributed by atoms with Gasteiger partial charge < -0.3 is 4.90 Å². The van der Waals surface area contributed by atoms with Crippen molar-refractivity contribution >= 4 is 27.5 Å². The Hall–Kier alpha value is -2.72. The SMILES string of the molecule is CN(C(=O)CSc1nnc(-c2ccncc2)n1Cc1ccccc1)[C@@H]1CCS(=O)(=O)C1. The van der Waals surface area contributed by atoms with Crippen molar-refractivity contribution in [1.29, 1.82) is 0 Å². The minimum Gasteiger partial charge on any atom is -0.341 e. The second-order valence-corrected chi connectivity index (χ2v) is 10.6. The molecular formula is C21H23N5O3S2. The molecular weight excluding hydrogens is 434 g/mol. The molecule has 4 rings (SSSR count). The smallest absolute Gasteiger partial charge is 0.233 e. The standard InChI is InChI=1S/C21H23N5O3S2/c1-25(18-9-12-31(28,29)15-18)19(27)14-30-21-24-23-20(17-7-10-22-11-8-17)26(21)13-16-5-3-2-4-6-16/h2-8,10-11,18H,9,12-15H2,1H3/t18-/m1/s1. The molecule has 1 amide bonds. The number of rotatable bonds is 7. The summed E-state index contributed by atoms with van der Waals surface area (Å²) in [5.41, 5.74) is 1.99. The van der Waals surface area contributed by atoms with E-state index in [1.807, 2.05) is 47.0 Å². The maximum absolute atomic E-state index is 12.7. The number of aromatic nitrogens is 4. The highest BCUT2D eigenvalue weighted by Crippen LogP contribution is 2.26. The van der Waals surface area contributed by atoms with Gasteiger partial charge in [-0.05, 0) is 24.1 Å². The summed E-state index contributed by atoms with van der Waals surface area (Å²) >= 11 is 1.31. The molecule has 0 spiro atoms. The normalized spacial score (nSPS) is 17.5. The van der Waals surface area contributed by atoms with Gasteiger partial charge in [0.25, 0.3) is 0 Å². The second-order valence-electron chi connectivity index (χ2n) is 7.46. The molecule has 1 aliphatic rings. The van der Waals surface area contributed by atoms with Gasteiger partial charge in [0.2, 0.25) is 5.91 Å². The molecule has 1 fully saturated rings. The van der Waals surface area contributed by atoms with E-state index in [0.717, 1.165) is 11.1 Å². The number of sulfone groups is 1. The Labute approximate surface area is 185 Å². The summed E-state index contributed by atoms with van der Waals surface area (Å²) < 4.78 is 25.5. The van der Waals surface area contributed by atoms with E-state index in [0.29, 0.717) is 23.9 Å². The summed E-state index contributed by atoms with van der Waals surface area (Å²) in [7, 11) is -1.37. The molecule has 1 saturated heterocycles. The summed E-state index contributed by atoms with van der Waals surface area (Å²) in [5, 5.41) is 9.33. The number of nitrogens with zero attached hydrogens (tertiary/aromatic N) is 5. The first-order chi connectivity index (χ1) is 14.9. The molecule has 31 heavy (non-hydrogen) atoms. The van der Waals surface area contributed by atoms with Gasteiger partial charge in [0.15, 0.2) is 20.8 Å². The lowest BCUT2D eigenvalue weighted by Crippen LogP contribution is -2.38. The van der Waals surface area contributed by atoms with Crippen LogP contribution in [0.1, 0.15) is 12.0 Å². The fraction of sp³-hybridized carbons (Fsp3) is 0.333. The molecule has 2 aromatic heterocycles. The fourth-order valence-electron chi connectivity index (χ4n) is 3.53. The molecule has 1 aromatic carbocycles. The molecule has 162 valence electrons. The van der Waals surface area contributed by atoms with E-state index in [4.69, 9.17) is 0 Å². The molecule has 3 heterocycles. The van der Waals surface area contributed by atoms with Crippen molar-refractivity contribution in [2.45, 2.75) is 24.2 Å². The van der Waals surface area contributed by atoms with Crippen molar-refractivity contribution in [3.8, 4) is 11.4 Å². The van der Waals surface area contributed by atoms with E-state index in [9.17, 15) is 13.2 Å². The van der Waals surface area contributed by atoms with Crippen LogP contribution in [0.15, 0.2) is 60.0 Å². The molecule has 0 N–H and O–H groups in total. The first-order valence-electron chi connectivity index (χ1n) is 9.89. The van der Waals surface area contributed by atoms with Gasteiger partial charge >= 0.3 is 0 Å². The lowest BCUT2D eigenvalue weighted by Gasteiger charge is -2.23. The average Bonchev–Trinajstić information content (AvgIpc) is 3.35. The Morgan fingerprint density at radius 2 is 1.90 bits per heavy atom. The Morgan fingerprint density at radius 3 is 2.58 bits per heavy atom. The van der Waals surface area contributed by atoms with Gasteiger partial charge in [0.1, 0.15) is 0 Å². The maximum Gasteiger partial charge on any atom is 0.233 e. The number of hydrogen-bond acceptors (Lipinski definition) is 7. The molecule has 8 nitrogen and oxygen atoms in total. The highest BCUT2D eigenvalue weighted by atomic mass is 32.2. The summed E-state index contributed by atoms with van der Waals surface area (Å²) in [6.45, 7) is 0.568. The summed E-state index contributed by atoms with van der Waals surface area (Å²) in [5.74, 6) is 0.929. The lowest BCUT2D eigenvalue weighted by molar-refractivity contribution is -0.128. The Morgan fingerprint density at radius 1 is 1.16 bits per heavy atom. The number of pyridine rings is 1. The van der Waals surface area contributed by atoms with Crippen molar-refractivity contribution in [3.05, 3.63) is 60.4 Å². The third-order valence-electron chi connectivity index (χ3n) is 5.31. The number of amides is 1. The molecule has 0 unspecified atom stereocenters. The van der Waals surface area contributed by atoms with Crippen LogP contribution in [0.3, 0.4) is 0 Å². The van der Waals surface area contributed by atoms with Gasteiger partial charge in [-0.1, -0.05) is 42.1 Å². The molecule has 0 radical (unpaired) electrons. The zero-order chi connectivity index (χ0) is 21.8. The highest BCUT2D eigenvalue weighted by molar-refractivity contribution is 7.99. The second kappa shape index (κ2) is 9.19. The van der Waals surface area contributed by atoms with Crippen molar-refractivity contribution in [2.24, 2.45) is 0 Å². The Bertz CT molecular complexity index is 1150. The van der Waals surface area contributed by atoms with Crippen molar-refractivity contribution < 1.29 is 13.2 Å². The van der Waals surface area contributed by atoms with Gasteiger partial charge in [0, 0.05) is 31.0 Å². The minimum atomic E-state index is -3.04. The first-order valence-corrected chi connectivity index (χ1v) is 12.7. The van der Waals surface area contributed by atoms with Crippen LogP contribution >= 0.6 is 11.8 Å². The fourth-order valence-corrected chi connectivity index (χ4v) is 6.17. The number of benzene rings is 1. The van der Waals surface area contributed by atoms with Crippen LogP contribution in [-0.2, 0) is 21.2 Å². The quantitative estimate of drug-likeness (QED) is 0.501. The van der Waals surface area contributed by atoms with Crippen molar-refractivity contribution in [3.63, 3.8) is 0 Å². The van der Waals surface area contributed by atoms with Gasteiger partial charge in [0.05, 0.1) is 23.8 Å². The van der Waals surface area contributed by atoms with E-state index < -0.39 is 9.84 Å². The number of hydrogen-bond donors (Lipinski definition) is 0. The summed E-state index contributed by atoms with van der Waals surface area (Å²) in [6, 6.07) is 13.5. The van der Waals surface area contributed by atoms with Gasteiger partial charge in [-0.3, -0.25) is 14.3 Å². The number of carbonyl (C=O) groups is 1. The van der Waals surface area contributed by atoms with Crippen molar-refractivity contribution in [1.82, 2.24) is 24.6 Å². The van der Waals surface area contributed by atoms with Gasteiger partial charge in [-0.2, -0.15) is 0 Å². The van der Waals surface area contributed by atoms with Gasteiger partial charge in [-0.15, -0.1) is 10.2 Å². The zero-order valence-corrected chi connectivity index (χ0v) is 18.7. The van der Waals surface area contributed by atoms with Crippen LogP contribution in [0.2, 0.25) is 0 Å². The largest absolute Gasteiger partial charge is 0.341 e. The van der Waals surface area contributed by atoms with E-state index >= 15 is 0 Å². The molecule has 10 heteroatoms. The van der Waals surface area contributed by atoms with Gasteiger partial charge in [-0.25, -0.2) is 8.42 Å². The molecule has 0 saturated carbocycles. The Kier molecular flexibility index (Phi) is 6.38. The third-order valence-corrected chi connectivity index (χ3v) is 8.02. The molecule has 0 bridgehead atoms. The number of carbonyl (C=O) groups excluding carboxylic acids is 1. The van der Waals surface area contributed by atoms with E-state index in [2.05, 4.69) is 15.2 Å². The van der Waals surface area contributed by atoms with Crippen LogP contribution < -0.4 is 0 Å². The molecule has 1 atom stereocenters. The summed E-state index contributed by atoms with van der Waals surface area (Å²) in [4.78, 5) is 18.3. The molecule has 0 aliphatic carbocycles. The molecule has 1 aliphatic heterocycles. The van der Waals surface area contributed by atoms with Crippen LogP contribution in [0.25, 0.3) is 11.4 Å². The Balaban J connectivity index is 1.52. The van der Waals surface area contributed by atoms with Crippen molar-refractivity contribution in [2.75, 3.05) is 24.3 Å². The minimum absolute atomic E-state index is 0.0380. The van der Waals surface area contributed by atoms with Crippen LogP contribution in [0.4, 0.5) is 0 Å². The molecule has 3 aromatic rings. The summed E-state index contributed by atoms with van der Waals surface area (Å²) in [6.07, 6.45) is 3.90. The van der Waals surface area contributed by atoms with Crippen LogP contribution in [0.5, 0.6) is 0 Å².